The summed E-state index contributed by atoms with van der Waals surface area (Å²) in [6.07, 6.45) is 1.05. The summed E-state index contributed by atoms with van der Waals surface area (Å²) < 4.78 is 33.3. The Hall–Kier alpha value is -3.67. The first-order chi connectivity index (χ1) is 28.3. The van der Waals surface area contributed by atoms with E-state index in [9.17, 15) is 19.5 Å². The number of Topliss-reactive ketones (excluding diaryl/α,β-unsaturated/α-hetero) is 1. The minimum atomic E-state index is -1.22. The number of aromatic nitrogens is 3. The number of esters is 1. The Balaban J connectivity index is 1.36. The van der Waals surface area contributed by atoms with Gasteiger partial charge in [0.25, 0.3) is 0 Å². The number of likely N-dealkylation sites (N-methyl/N-ethyl adjacent to an activating group) is 1. The smallest absolute Gasteiger partial charge is 0.410 e. The van der Waals surface area contributed by atoms with E-state index >= 15 is 0 Å². The van der Waals surface area contributed by atoms with Gasteiger partial charge in [0.1, 0.15) is 23.8 Å². The molecule has 0 bridgehead atoms. The Morgan fingerprint density at radius 2 is 1.80 bits per heavy atom. The summed E-state index contributed by atoms with van der Waals surface area (Å²) in [5.74, 6) is -3.05. The number of nitrogens with one attached hydrogen (secondary N) is 1. The van der Waals surface area contributed by atoms with Gasteiger partial charge in [-0.1, -0.05) is 38.1 Å². The van der Waals surface area contributed by atoms with E-state index in [1.807, 2.05) is 84.1 Å². The summed E-state index contributed by atoms with van der Waals surface area (Å²) in [5.41, 5.74) is 6.00. The highest BCUT2D eigenvalue weighted by molar-refractivity contribution is 6.00. The van der Waals surface area contributed by atoms with Crippen LogP contribution >= 0.6 is 0 Å². The number of aryl methyl sites for hydroxylation is 1. The van der Waals surface area contributed by atoms with Crippen LogP contribution in [-0.4, -0.2) is 142 Å². The number of ketones is 1. The van der Waals surface area contributed by atoms with Gasteiger partial charge in [-0.2, -0.15) is 0 Å². The number of aliphatic hydroxyl groups excluding tert-OH is 1. The molecule has 60 heavy (non-hydrogen) atoms. The molecule has 0 aliphatic carbocycles. The van der Waals surface area contributed by atoms with Crippen LogP contribution in [-0.2, 0) is 39.8 Å². The Morgan fingerprint density at radius 3 is 2.47 bits per heavy atom. The first-order valence-corrected chi connectivity index (χ1v) is 21.8. The second-order valence-electron chi connectivity index (χ2n) is 18.1. The average Bonchev–Trinajstić information content (AvgIpc) is 3.78. The van der Waals surface area contributed by atoms with Gasteiger partial charge in [-0.3, -0.25) is 19.2 Å². The lowest BCUT2D eigenvalue weighted by molar-refractivity contribution is -0.295. The topological polar surface area (TPSA) is 193 Å². The Labute approximate surface area is 356 Å². The summed E-state index contributed by atoms with van der Waals surface area (Å²) in [6.45, 7) is 16.6. The molecule has 0 saturated carbocycles. The number of hydrogen-bond donors (Lipinski definition) is 3. The highest BCUT2D eigenvalue weighted by Crippen LogP contribution is 2.40. The van der Waals surface area contributed by atoms with Crippen molar-refractivity contribution < 1.29 is 43.2 Å². The third-order valence-electron chi connectivity index (χ3n) is 13.1. The Bertz CT molecular complexity index is 1760. The van der Waals surface area contributed by atoms with E-state index in [1.54, 1.807) is 30.5 Å². The molecule has 3 saturated heterocycles. The summed E-state index contributed by atoms with van der Waals surface area (Å²) >= 11 is 0. The number of benzene rings is 1. The van der Waals surface area contributed by atoms with Crippen LogP contribution in [0.4, 0.5) is 10.5 Å². The quantitative estimate of drug-likeness (QED) is 0.122. The zero-order valence-corrected chi connectivity index (χ0v) is 37.6. The first-order valence-electron chi connectivity index (χ1n) is 21.8. The van der Waals surface area contributed by atoms with Crippen molar-refractivity contribution >= 4 is 23.5 Å². The largest absolute Gasteiger partial charge is 0.458 e. The van der Waals surface area contributed by atoms with Gasteiger partial charge in [-0.15, -0.1) is 5.10 Å². The number of carbonyl (C=O) groups is 3. The van der Waals surface area contributed by atoms with Crippen molar-refractivity contribution in [1.29, 1.82) is 0 Å². The van der Waals surface area contributed by atoms with Crippen molar-refractivity contribution in [2.75, 3.05) is 40.0 Å². The molecular formula is C44H71N7O9. The van der Waals surface area contributed by atoms with Crippen molar-refractivity contribution in [1.82, 2.24) is 30.1 Å². The molecule has 0 radical (unpaired) electrons. The number of aliphatic hydroxyl groups is 1. The normalized spacial score (nSPS) is 36.2. The molecule has 3 aliphatic heterocycles. The zero-order valence-electron chi connectivity index (χ0n) is 37.6. The van der Waals surface area contributed by atoms with Gasteiger partial charge in [0.2, 0.25) is 0 Å². The fourth-order valence-corrected chi connectivity index (χ4v) is 9.65. The van der Waals surface area contributed by atoms with Gasteiger partial charge in [-0.05, 0) is 112 Å². The number of unbranched alkanes of at least 4 members (excludes halogenated alkanes) is 1. The summed E-state index contributed by atoms with van der Waals surface area (Å²) in [5, 5.41) is 23.7. The number of methoxy groups -OCH3 is 1. The average molecular weight is 842 g/mol. The second-order valence-corrected chi connectivity index (χ2v) is 18.1. The molecule has 2 unspecified atom stereocenters. The SMILES string of the molecule is CC[C@H]1OC(=O)[C@H](C)C(=O)[C@H](C)[C@@H](O[C@@H]2O[C@H](C)CC(N(C)C)C2O)[C@](C)(OC)C[C@@H](C)CCN[C@H](C)[C@H]2N(CCCCn3cc(-c4cccc(N)c4)nn3)C(=O)O[C@]12C. The van der Waals surface area contributed by atoms with E-state index in [0.717, 1.165) is 24.1 Å². The number of cyclic esters (lactones) is 1. The predicted octanol–water partition coefficient (Wildman–Crippen LogP) is 4.67. The number of carbonyl (C=O) groups excluding carboxylic acids is 3. The van der Waals surface area contributed by atoms with Crippen LogP contribution < -0.4 is 11.1 Å². The molecule has 336 valence electrons. The Kier molecular flexibility index (Phi) is 15.8. The second kappa shape index (κ2) is 20.0. The lowest BCUT2D eigenvalue weighted by Crippen LogP contribution is -2.61. The van der Waals surface area contributed by atoms with E-state index in [1.165, 1.54) is 0 Å². The molecule has 1 aromatic heterocycles. The van der Waals surface area contributed by atoms with E-state index in [2.05, 4.69) is 22.6 Å². The highest BCUT2D eigenvalue weighted by Gasteiger charge is 2.58. The first kappa shape index (κ1) is 47.4. The lowest BCUT2D eigenvalue weighted by atomic mass is 9.78. The number of hydrogen-bond acceptors (Lipinski definition) is 14. The number of nitrogen functional groups attached to an aromatic ring is 1. The van der Waals surface area contributed by atoms with Crippen LogP contribution in [0.1, 0.15) is 93.9 Å². The van der Waals surface area contributed by atoms with Crippen LogP contribution in [0.3, 0.4) is 0 Å². The number of fused-ring (bicyclic) bond motifs is 1. The molecule has 4 N–H and O–H groups in total. The van der Waals surface area contributed by atoms with Crippen LogP contribution in [0.5, 0.6) is 0 Å². The molecule has 2 aromatic rings. The summed E-state index contributed by atoms with van der Waals surface area (Å²) in [7, 11) is 5.41. The van der Waals surface area contributed by atoms with Crippen LogP contribution in [0, 0.1) is 17.8 Å². The number of ether oxygens (including phenoxy) is 5. The summed E-state index contributed by atoms with van der Waals surface area (Å²) in [6, 6.07) is 6.53. The molecule has 4 heterocycles. The maximum absolute atomic E-state index is 14.4. The standard InChI is InChI=1S/C44H71N7O9/c1-12-35-44(8)38(51(42(55)60-44)21-14-13-20-50-25-33(47-48-50)31-16-15-17-32(45)23-31)30(6)46-19-18-26(2)24-43(7,56-11)39(28(4)36(52)29(5)40(54)58-35)59-41-37(53)34(49(9)10)22-27(3)57-41/h15-17,23,25-30,34-35,37-39,41,46,53H,12-14,18-22,24,45H2,1-11H3/t26-,27+,28-,29+,30+,34?,35+,37?,38+,39+,41-,43+,44+/m0/s1. The van der Waals surface area contributed by atoms with Gasteiger partial charge >= 0.3 is 12.1 Å². The van der Waals surface area contributed by atoms with Gasteiger partial charge in [0, 0.05) is 49.5 Å². The zero-order chi connectivity index (χ0) is 44.1. The van der Waals surface area contributed by atoms with Gasteiger partial charge in [0.15, 0.2) is 17.7 Å². The number of nitrogens with zero attached hydrogens (tertiary/aromatic N) is 5. The minimum absolute atomic E-state index is 0.0906. The van der Waals surface area contributed by atoms with E-state index in [4.69, 9.17) is 29.4 Å². The molecule has 3 fully saturated rings. The van der Waals surface area contributed by atoms with Crippen molar-refractivity contribution in [2.45, 2.75) is 160 Å². The molecular weight excluding hydrogens is 771 g/mol. The lowest BCUT2D eigenvalue weighted by Gasteiger charge is -2.47. The minimum Gasteiger partial charge on any atom is -0.458 e. The van der Waals surface area contributed by atoms with Crippen LogP contribution in [0.15, 0.2) is 30.5 Å². The van der Waals surface area contributed by atoms with E-state index in [-0.39, 0.29) is 29.9 Å². The monoisotopic (exact) mass is 842 g/mol. The number of amides is 1. The van der Waals surface area contributed by atoms with Crippen molar-refractivity contribution in [3.63, 3.8) is 0 Å². The number of anilines is 1. The summed E-state index contributed by atoms with van der Waals surface area (Å²) in [4.78, 5) is 46.0. The molecule has 1 aromatic carbocycles. The Morgan fingerprint density at radius 1 is 1.08 bits per heavy atom. The third kappa shape index (κ3) is 10.5. The number of rotatable bonds is 11. The van der Waals surface area contributed by atoms with Crippen LogP contribution in [0.25, 0.3) is 11.3 Å². The van der Waals surface area contributed by atoms with Crippen molar-refractivity contribution in [2.24, 2.45) is 17.8 Å². The van der Waals surface area contributed by atoms with Crippen molar-refractivity contribution in [3.05, 3.63) is 30.5 Å². The molecule has 1 amide bonds. The van der Waals surface area contributed by atoms with Crippen molar-refractivity contribution in [3.8, 4) is 11.3 Å². The van der Waals surface area contributed by atoms with E-state index < -0.39 is 65.7 Å². The highest BCUT2D eigenvalue weighted by atomic mass is 16.7. The van der Waals surface area contributed by atoms with Gasteiger partial charge < -0.3 is 44.7 Å². The molecule has 16 nitrogen and oxygen atoms in total. The van der Waals surface area contributed by atoms with Gasteiger partial charge in [0.05, 0.1) is 30.0 Å². The fourth-order valence-electron chi connectivity index (χ4n) is 9.65. The predicted molar refractivity (Wildman–Crippen MR) is 227 cm³/mol. The molecule has 5 rings (SSSR count). The van der Waals surface area contributed by atoms with E-state index in [0.29, 0.717) is 51.0 Å². The number of nitrogens with two attached hydrogens (primary N) is 1. The fraction of sp³-hybridized carbons (Fsp3) is 0.750. The maximum atomic E-state index is 14.4. The third-order valence-corrected chi connectivity index (χ3v) is 13.1. The van der Waals surface area contributed by atoms with Gasteiger partial charge in [-0.25, -0.2) is 4.79 Å². The molecule has 0 spiro atoms. The maximum Gasteiger partial charge on any atom is 0.410 e. The molecule has 13 atom stereocenters. The molecule has 16 heteroatoms. The molecule has 3 aliphatic rings. The van der Waals surface area contributed by atoms with Crippen LogP contribution in [0.2, 0.25) is 0 Å².